The zero-order valence-corrected chi connectivity index (χ0v) is 13.8. The van der Waals surface area contributed by atoms with Crippen LogP contribution in [0.1, 0.15) is 33.6 Å². The van der Waals surface area contributed by atoms with Gasteiger partial charge >= 0.3 is 5.97 Å². The first-order valence-electron chi connectivity index (χ1n) is 8.18. The third kappa shape index (κ3) is 1.91. The van der Waals surface area contributed by atoms with Crippen LogP contribution in [0.4, 0.5) is 0 Å². The molecule has 2 bridgehead atoms. The highest BCUT2D eigenvalue weighted by Crippen LogP contribution is 2.61. The van der Waals surface area contributed by atoms with Crippen molar-refractivity contribution in [1.29, 1.82) is 0 Å². The van der Waals surface area contributed by atoms with Crippen molar-refractivity contribution >= 4 is 11.8 Å². The lowest BCUT2D eigenvalue weighted by Crippen LogP contribution is -2.55. The van der Waals surface area contributed by atoms with Crippen LogP contribution in [0, 0.1) is 35.0 Å². The summed E-state index contributed by atoms with van der Waals surface area (Å²) < 4.78 is 5.52. The van der Waals surface area contributed by atoms with Crippen molar-refractivity contribution in [2.24, 2.45) is 35.0 Å². The first-order chi connectivity index (χ1) is 9.78. The molecular formula is C17H27NO3. The maximum Gasteiger partial charge on any atom is 0.310 e. The lowest BCUT2D eigenvalue weighted by molar-refractivity contribution is -0.152. The molecule has 0 aromatic rings. The molecule has 2 aliphatic carbocycles. The highest BCUT2D eigenvalue weighted by molar-refractivity contribution is 5.97. The number of esters is 1. The Balaban J connectivity index is 1.99. The molecule has 3 aliphatic rings. The fraction of sp³-hybridized carbons (Fsp3) is 0.882. The van der Waals surface area contributed by atoms with E-state index < -0.39 is 6.10 Å². The maximum absolute atomic E-state index is 13.1. The van der Waals surface area contributed by atoms with E-state index in [1.165, 1.54) is 0 Å². The van der Waals surface area contributed by atoms with Crippen molar-refractivity contribution in [3.8, 4) is 0 Å². The Bertz CT molecular complexity index is 473. The van der Waals surface area contributed by atoms with E-state index in [9.17, 15) is 9.59 Å². The fourth-order valence-corrected chi connectivity index (χ4v) is 5.30. The van der Waals surface area contributed by atoms with Crippen LogP contribution >= 0.6 is 0 Å². The van der Waals surface area contributed by atoms with Gasteiger partial charge < -0.3 is 9.64 Å². The van der Waals surface area contributed by atoms with Gasteiger partial charge in [0.15, 0.2) is 11.9 Å². The summed E-state index contributed by atoms with van der Waals surface area (Å²) in [5, 5.41) is 0. The van der Waals surface area contributed by atoms with E-state index in [2.05, 4.69) is 39.8 Å². The number of carbonyl (C=O) groups excluding carboxylic acids is 2. The Kier molecular flexibility index (Phi) is 3.43. The van der Waals surface area contributed by atoms with Gasteiger partial charge in [0.25, 0.3) is 0 Å². The molecule has 0 spiro atoms. The largest absolute Gasteiger partial charge is 0.454 e. The van der Waals surface area contributed by atoms with Crippen molar-refractivity contribution in [2.45, 2.75) is 39.7 Å². The van der Waals surface area contributed by atoms with Crippen LogP contribution in [0.5, 0.6) is 0 Å². The van der Waals surface area contributed by atoms with Crippen LogP contribution in [0.3, 0.4) is 0 Å². The number of fused-ring (bicyclic) bond motifs is 4. The maximum atomic E-state index is 13.1. The van der Waals surface area contributed by atoms with E-state index in [0.29, 0.717) is 11.8 Å². The van der Waals surface area contributed by atoms with Crippen LogP contribution < -0.4 is 0 Å². The van der Waals surface area contributed by atoms with Crippen molar-refractivity contribution in [2.75, 3.05) is 20.6 Å². The van der Waals surface area contributed by atoms with Crippen molar-refractivity contribution in [1.82, 2.24) is 4.90 Å². The van der Waals surface area contributed by atoms with Crippen molar-refractivity contribution in [3.63, 3.8) is 0 Å². The van der Waals surface area contributed by atoms with Gasteiger partial charge in [-0.05, 0) is 44.7 Å². The average molecular weight is 293 g/mol. The van der Waals surface area contributed by atoms with Crippen molar-refractivity contribution in [3.05, 3.63) is 0 Å². The van der Waals surface area contributed by atoms with E-state index in [0.717, 1.165) is 19.4 Å². The molecule has 0 radical (unpaired) electrons. The van der Waals surface area contributed by atoms with Crippen LogP contribution in [0.15, 0.2) is 0 Å². The van der Waals surface area contributed by atoms with Gasteiger partial charge in [0.05, 0.1) is 5.92 Å². The normalized spacial score (nSPS) is 45.4. The lowest BCUT2D eigenvalue weighted by atomic mass is 9.55. The second-order valence-electron chi connectivity index (χ2n) is 7.99. The Labute approximate surface area is 127 Å². The molecule has 0 aromatic carbocycles. The lowest BCUT2D eigenvalue weighted by Gasteiger charge is -2.45. The summed E-state index contributed by atoms with van der Waals surface area (Å²) in [5.41, 5.74) is -0.378. The number of rotatable bonds is 3. The molecule has 1 saturated heterocycles. The highest BCUT2D eigenvalue weighted by atomic mass is 16.6. The van der Waals surface area contributed by atoms with Gasteiger partial charge in [0.1, 0.15) is 0 Å². The first-order valence-corrected chi connectivity index (χ1v) is 8.18. The predicted octanol–water partition coefficient (Wildman–Crippen LogP) is 1.98. The van der Waals surface area contributed by atoms with Gasteiger partial charge in [-0.25, -0.2) is 0 Å². The average Bonchev–Trinajstić information content (AvgIpc) is 2.85. The molecule has 1 aliphatic heterocycles. The Hall–Kier alpha value is -0.900. The summed E-state index contributed by atoms with van der Waals surface area (Å²) >= 11 is 0. The van der Waals surface area contributed by atoms with E-state index in [1.54, 1.807) is 0 Å². The molecule has 0 unspecified atom stereocenters. The number of nitrogens with zero attached hydrogens (tertiary/aromatic N) is 1. The Morgan fingerprint density at radius 3 is 2.52 bits per heavy atom. The first kappa shape index (κ1) is 15.0. The Morgan fingerprint density at radius 2 is 1.95 bits per heavy atom. The summed E-state index contributed by atoms with van der Waals surface area (Å²) in [6.45, 7) is 7.22. The molecule has 0 N–H and O–H groups in total. The molecule has 4 nitrogen and oxygen atoms in total. The number of carbonyl (C=O) groups is 2. The SMILES string of the molecule is CC(C)[C@@H]1[C@@H]2C(=O)O[C@H]1C(=O)[C@@]1(C)[C@@H](CN(C)C)CC[C@@H]21. The standard InChI is InChI=1S/C17H27NO3/c1-9(2)12-13-11-7-6-10(8-18(4)5)17(11,3)15(19)14(12)21-16(13)20/h9-14H,6-8H2,1-5H3/t10-,11+,12-,13-,14-,17+/m1/s1. The number of hydrogen-bond acceptors (Lipinski definition) is 4. The van der Waals surface area contributed by atoms with Crippen LogP contribution in [0.2, 0.25) is 0 Å². The zero-order chi connectivity index (χ0) is 15.5. The van der Waals surface area contributed by atoms with Gasteiger partial charge in [-0.2, -0.15) is 0 Å². The topological polar surface area (TPSA) is 46.6 Å². The number of ether oxygens (including phenoxy) is 1. The minimum atomic E-state index is -0.494. The summed E-state index contributed by atoms with van der Waals surface area (Å²) in [6, 6.07) is 0. The second kappa shape index (κ2) is 4.80. The molecular weight excluding hydrogens is 266 g/mol. The van der Waals surface area contributed by atoms with E-state index in [4.69, 9.17) is 4.74 Å². The van der Waals surface area contributed by atoms with Gasteiger partial charge in [-0.3, -0.25) is 9.59 Å². The summed E-state index contributed by atoms with van der Waals surface area (Å²) in [7, 11) is 4.11. The molecule has 6 atom stereocenters. The van der Waals surface area contributed by atoms with E-state index in [-0.39, 0.29) is 34.9 Å². The predicted molar refractivity (Wildman–Crippen MR) is 79.6 cm³/mol. The molecule has 0 amide bonds. The summed E-state index contributed by atoms with van der Waals surface area (Å²) in [5.74, 6) is 0.925. The zero-order valence-electron chi connectivity index (χ0n) is 13.8. The van der Waals surface area contributed by atoms with Gasteiger partial charge in [-0.15, -0.1) is 0 Å². The Morgan fingerprint density at radius 1 is 1.29 bits per heavy atom. The number of hydrogen-bond donors (Lipinski definition) is 0. The monoisotopic (exact) mass is 293 g/mol. The minimum absolute atomic E-state index is 0.0649. The van der Waals surface area contributed by atoms with E-state index >= 15 is 0 Å². The van der Waals surface area contributed by atoms with Gasteiger partial charge in [-0.1, -0.05) is 20.8 Å². The summed E-state index contributed by atoms with van der Waals surface area (Å²) in [6.07, 6.45) is 1.54. The molecule has 3 rings (SSSR count). The third-order valence-corrected chi connectivity index (χ3v) is 6.30. The van der Waals surface area contributed by atoms with Gasteiger partial charge in [0.2, 0.25) is 0 Å². The number of Topliss-reactive ketones (excluding diaryl/α,β-unsaturated/α-hetero) is 1. The highest BCUT2D eigenvalue weighted by Gasteiger charge is 2.68. The minimum Gasteiger partial charge on any atom is -0.454 e. The molecule has 21 heavy (non-hydrogen) atoms. The fourth-order valence-electron chi connectivity index (χ4n) is 5.30. The van der Waals surface area contributed by atoms with E-state index in [1.807, 2.05) is 0 Å². The van der Waals surface area contributed by atoms with Crippen LogP contribution in [0.25, 0.3) is 0 Å². The molecule has 2 saturated carbocycles. The summed E-state index contributed by atoms with van der Waals surface area (Å²) in [4.78, 5) is 27.6. The van der Waals surface area contributed by atoms with Crippen molar-refractivity contribution < 1.29 is 14.3 Å². The second-order valence-corrected chi connectivity index (χ2v) is 7.99. The molecule has 118 valence electrons. The molecule has 3 fully saturated rings. The van der Waals surface area contributed by atoms with Crippen LogP contribution in [-0.4, -0.2) is 43.4 Å². The molecule has 0 aromatic heterocycles. The molecule has 4 heteroatoms. The molecule has 1 heterocycles. The quantitative estimate of drug-likeness (QED) is 0.747. The smallest absolute Gasteiger partial charge is 0.310 e. The van der Waals surface area contributed by atoms with Gasteiger partial charge in [0, 0.05) is 17.9 Å². The number of ketones is 1. The van der Waals surface area contributed by atoms with Crippen LogP contribution in [-0.2, 0) is 14.3 Å². The third-order valence-electron chi connectivity index (χ3n) is 6.30.